The van der Waals surface area contributed by atoms with Crippen molar-refractivity contribution < 1.29 is 4.79 Å². The first-order valence-corrected chi connectivity index (χ1v) is 9.90. The molecule has 1 aromatic heterocycles. The van der Waals surface area contributed by atoms with Gasteiger partial charge in [0.2, 0.25) is 5.91 Å². The lowest BCUT2D eigenvalue weighted by atomic mass is 9.69. The first-order valence-electron chi connectivity index (χ1n) is 9.90. The summed E-state index contributed by atoms with van der Waals surface area (Å²) < 4.78 is 0. The Bertz CT molecular complexity index is 794. The third-order valence-electron chi connectivity index (χ3n) is 6.08. The van der Waals surface area contributed by atoms with Crippen molar-refractivity contribution >= 4 is 11.6 Å². The van der Waals surface area contributed by atoms with Gasteiger partial charge < -0.3 is 16.0 Å². The summed E-state index contributed by atoms with van der Waals surface area (Å²) in [4.78, 5) is 17.4. The molecule has 2 aliphatic rings. The van der Waals surface area contributed by atoms with Crippen LogP contribution in [0, 0.1) is 12.3 Å². The summed E-state index contributed by atoms with van der Waals surface area (Å²) in [6.07, 6.45) is 7.66. The zero-order valence-corrected chi connectivity index (χ0v) is 15.9. The van der Waals surface area contributed by atoms with Gasteiger partial charge in [0.1, 0.15) is 0 Å². The van der Waals surface area contributed by atoms with E-state index in [-0.39, 0.29) is 17.4 Å². The summed E-state index contributed by atoms with van der Waals surface area (Å²) in [5, 5.41) is 10.2. The summed E-state index contributed by atoms with van der Waals surface area (Å²) in [5.41, 5.74) is 3.10. The molecule has 1 aromatic carbocycles. The number of rotatable bonds is 7. The number of aryl methyl sites for hydroxylation is 1. The number of fused-ring (bicyclic) bond motifs is 2. The van der Waals surface area contributed by atoms with Crippen LogP contribution in [0.5, 0.6) is 0 Å². The second-order valence-electron chi connectivity index (χ2n) is 7.89. The summed E-state index contributed by atoms with van der Waals surface area (Å²) in [5.74, 6) is 0.194. The van der Waals surface area contributed by atoms with Gasteiger partial charge in [-0.05, 0) is 49.8 Å². The highest BCUT2D eigenvalue weighted by Gasteiger charge is 2.55. The molecule has 2 bridgehead atoms. The van der Waals surface area contributed by atoms with E-state index in [4.69, 9.17) is 0 Å². The maximum atomic E-state index is 13.3. The molecule has 0 radical (unpaired) electrons. The van der Waals surface area contributed by atoms with Crippen LogP contribution in [0.15, 0.2) is 48.8 Å². The maximum Gasteiger partial charge on any atom is 0.228 e. The molecule has 4 rings (SSSR count). The van der Waals surface area contributed by atoms with Gasteiger partial charge in [-0.15, -0.1) is 0 Å². The lowest BCUT2D eigenvalue weighted by Gasteiger charge is -2.35. The number of benzene rings is 1. The van der Waals surface area contributed by atoms with Crippen molar-refractivity contribution in [3.05, 3.63) is 59.9 Å². The van der Waals surface area contributed by atoms with E-state index >= 15 is 0 Å². The average Bonchev–Trinajstić information content (AvgIpc) is 3.29. The Hall–Kier alpha value is -2.40. The lowest BCUT2D eigenvalue weighted by Crippen LogP contribution is -2.50. The Morgan fingerprint density at radius 2 is 2.07 bits per heavy atom. The molecule has 142 valence electrons. The van der Waals surface area contributed by atoms with Crippen LogP contribution in [0.1, 0.15) is 30.4 Å². The number of nitrogens with one attached hydrogen (secondary N) is 3. The number of anilines is 1. The van der Waals surface area contributed by atoms with Crippen molar-refractivity contribution in [3.8, 4) is 0 Å². The van der Waals surface area contributed by atoms with Crippen molar-refractivity contribution in [1.82, 2.24) is 15.6 Å². The fourth-order valence-corrected chi connectivity index (χ4v) is 4.71. The molecule has 27 heavy (non-hydrogen) atoms. The SMILES string of the molecule is Cc1cnccc1NCCNC(=O)[C@]1(Cc2ccccc2)C[C@@H]2CC[C@H]1N2. The quantitative estimate of drug-likeness (QED) is 0.661. The van der Waals surface area contributed by atoms with E-state index in [9.17, 15) is 4.79 Å². The number of pyridine rings is 1. The van der Waals surface area contributed by atoms with E-state index in [1.807, 2.05) is 25.3 Å². The van der Waals surface area contributed by atoms with E-state index in [2.05, 4.69) is 45.2 Å². The van der Waals surface area contributed by atoms with Crippen molar-refractivity contribution in [2.75, 3.05) is 18.4 Å². The average molecular weight is 364 g/mol. The molecule has 0 spiro atoms. The van der Waals surface area contributed by atoms with Crippen LogP contribution in [0.25, 0.3) is 0 Å². The van der Waals surface area contributed by atoms with Crippen LogP contribution in [-0.4, -0.2) is 36.1 Å². The first kappa shape index (κ1) is 18.0. The minimum atomic E-state index is -0.323. The molecular formula is C22H28N4O. The molecule has 3 atom stereocenters. The zero-order valence-electron chi connectivity index (χ0n) is 15.9. The monoisotopic (exact) mass is 364 g/mol. The smallest absolute Gasteiger partial charge is 0.228 e. The molecular weight excluding hydrogens is 336 g/mol. The largest absolute Gasteiger partial charge is 0.383 e. The normalized spacial score (nSPS) is 26.1. The van der Waals surface area contributed by atoms with Gasteiger partial charge in [-0.1, -0.05) is 30.3 Å². The third-order valence-corrected chi connectivity index (χ3v) is 6.08. The number of carbonyl (C=O) groups is 1. The first-order chi connectivity index (χ1) is 13.2. The summed E-state index contributed by atoms with van der Waals surface area (Å²) in [7, 11) is 0. The number of hydrogen-bond donors (Lipinski definition) is 3. The Morgan fingerprint density at radius 3 is 2.78 bits per heavy atom. The fraction of sp³-hybridized carbons (Fsp3) is 0.455. The minimum Gasteiger partial charge on any atom is -0.383 e. The summed E-state index contributed by atoms with van der Waals surface area (Å²) in [6.45, 7) is 3.36. The third kappa shape index (κ3) is 3.69. The van der Waals surface area contributed by atoms with Gasteiger partial charge in [-0.25, -0.2) is 0 Å². The molecule has 3 heterocycles. The number of nitrogens with zero attached hydrogens (tertiary/aromatic N) is 1. The molecule has 2 aromatic rings. The molecule has 5 heteroatoms. The number of aromatic nitrogens is 1. The van der Waals surface area contributed by atoms with E-state index in [1.54, 1.807) is 6.20 Å². The number of carbonyl (C=O) groups excluding carboxylic acids is 1. The van der Waals surface area contributed by atoms with Crippen LogP contribution in [0.3, 0.4) is 0 Å². The van der Waals surface area contributed by atoms with Crippen LogP contribution in [-0.2, 0) is 11.2 Å². The Labute approximate surface area is 161 Å². The lowest BCUT2D eigenvalue weighted by molar-refractivity contribution is -0.132. The highest BCUT2D eigenvalue weighted by atomic mass is 16.2. The van der Waals surface area contributed by atoms with E-state index < -0.39 is 0 Å². The molecule has 5 nitrogen and oxygen atoms in total. The molecule has 3 N–H and O–H groups in total. The predicted octanol–water partition coefficient (Wildman–Crippen LogP) is 2.67. The molecule has 2 fully saturated rings. The van der Waals surface area contributed by atoms with Crippen LogP contribution < -0.4 is 16.0 Å². The molecule has 2 saturated heterocycles. The highest BCUT2D eigenvalue weighted by Crippen LogP contribution is 2.45. The van der Waals surface area contributed by atoms with Crippen molar-refractivity contribution in [3.63, 3.8) is 0 Å². The minimum absolute atomic E-state index is 0.194. The standard InChI is InChI=1S/C22H28N4O/c1-16-15-23-10-9-19(16)24-11-12-25-21(27)22(13-17-5-3-2-4-6-17)14-18-7-8-20(22)26-18/h2-6,9-10,15,18,20,26H,7-8,11-14H2,1H3,(H,23,24)(H,25,27)/t18-,20+,22+/m0/s1. The van der Waals surface area contributed by atoms with E-state index in [0.29, 0.717) is 19.1 Å². The van der Waals surface area contributed by atoms with Crippen molar-refractivity contribution in [2.24, 2.45) is 5.41 Å². The van der Waals surface area contributed by atoms with Crippen LogP contribution in [0.2, 0.25) is 0 Å². The fourth-order valence-electron chi connectivity index (χ4n) is 4.71. The van der Waals surface area contributed by atoms with Gasteiger partial charge in [0, 0.05) is 43.3 Å². The van der Waals surface area contributed by atoms with Gasteiger partial charge in [-0.2, -0.15) is 0 Å². The Balaban J connectivity index is 1.39. The molecule has 2 aliphatic heterocycles. The van der Waals surface area contributed by atoms with Crippen molar-refractivity contribution in [1.29, 1.82) is 0 Å². The Morgan fingerprint density at radius 1 is 1.22 bits per heavy atom. The van der Waals surface area contributed by atoms with Gasteiger partial charge in [0.15, 0.2) is 0 Å². The highest BCUT2D eigenvalue weighted by molar-refractivity contribution is 5.84. The van der Waals surface area contributed by atoms with Gasteiger partial charge in [0.05, 0.1) is 5.41 Å². The van der Waals surface area contributed by atoms with Gasteiger partial charge in [-0.3, -0.25) is 9.78 Å². The zero-order chi connectivity index (χ0) is 18.7. The van der Waals surface area contributed by atoms with Crippen molar-refractivity contribution in [2.45, 2.75) is 44.7 Å². The molecule has 0 saturated carbocycles. The number of amides is 1. The Kier molecular flexibility index (Phi) is 5.12. The second kappa shape index (κ2) is 7.69. The summed E-state index contributed by atoms with van der Waals surface area (Å²) >= 11 is 0. The van der Waals surface area contributed by atoms with Gasteiger partial charge in [0.25, 0.3) is 0 Å². The molecule has 0 unspecified atom stereocenters. The van der Waals surface area contributed by atoms with E-state index in [0.717, 1.165) is 30.5 Å². The predicted molar refractivity (Wildman–Crippen MR) is 108 cm³/mol. The summed E-state index contributed by atoms with van der Waals surface area (Å²) in [6, 6.07) is 13.2. The topological polar surface area (TPSA) is 66.0 Å². The van der Waals surface area contributed by atoms with Crippen LogP contribution >= 0.6 is 0 Å². The molecule has 0 aliphatic carbocycles. The maximum absolute atomic E-state index is 13.3. The number of hydrogen-bond acceptors (Lipinski definition) is 4. The van der Waals surface area contributed by atoms with Crippen LogP contribution in [0.4, 0.5) is 5.69 Å². The van der Waals surface area contributed by atoms with Gasteiger partial charge >= 0.3 is 0 Å². The second-order valence-corrected chi connectivity index (χ2v) is 7.89. The van der Waals surface area contributed by atoms with E-state index in [1.165, 1.54) is 12.0 Å². The molecule has 1 amide bonds.